The number of nitrogens with two attached hydrogens (primary N) is 1. The van der Waals surface area contributed by atoms with Crippen LogP contribution in [0.1, 0.15) is 39.0 Å². The first-order valence-corrected chi connectivity index (χ1v) is 6.01. The summed E-state index contributed by atoms with van der Waals surface area (Å²) in [6, 6.07) is 0.828. The highest BCUT2D eigenvalue weighted by molar-refractivity contribution is 5.75. The van der Waals surface area contributed by atoms with Gasteiger partial charge in [-0.1, -0.05) is 12.8 Å². The Labute approximate surface area is 91.2 Å². The summed E-state index contributed by atoms with van der Waals surface area (Å²) in [5, 5.41) is 3.10. The minimum atomic E-state index is 0.0855. The Balaban J connectivity index is 1.85. The van der Waals surface area contributed by atoms with Crippen molar-refractivity contribution in [1.29, 1.82) is 0 Å². The fourth-order valence-corrected chi connectivity index (χ4v) is 2.58. The predicted octanol–water partition coefficient (Wildman–Crippen LogP) is 1.06. The highest BCUT2D eigenvalue weighted by Crippen LogP contribution is 2.20. The largest absolute Gasteiger partial charge is 0.335 e. The van der Waals surface area contributed by atoms with E-state index in [0.29, 0.717) is 6.04 Å². The number of hydrogen-bond acceptors (Lipinski definition) is 2. The Morgan fingerprint density at radius 2 is 2.00 bits per heavy atom. The highest BCUT2D eigenvalue weighted by atomic mass is 16.2. The lowest BCUT2D eigenvalue weighted by Crippen LogP contribution is -2.48. The molecule has 0 aromatic carbocycles. The maximum absolute atomic E-state index is 11.9. The van der Waals surface area contributed by atoms with Gasteiger partial charge in [-0.25, -0.2) is 4.79 Å². The van der Waals surface area contributed by atoms with E-state index in [1.54, 1.807) is 0 Å². The molecule has 2 unspecified atom stereocenters. The van der Waals surface area contributed by atoms with Gasteiger partial charge in [0.2, 0.25) is 0 Å². The molecule has 2 fully saturated rings. The Hall–Kier alpha value is -0.770. The minimum Gasteiger partial charge on any atom is -0.335 e. The molecule has 0 spiro atoms. The van der Waals surface area contributed by atoms with Crippen LogP contribution in [0.4, 0.5) is 4.79 Å². The lowest BCUT2D eigenvalue weighted by Gasteiger charge is -2.25. The first-order chi connectivity index (χ1) is 7.18. The lowest BCUT2D eigenvalue weighted by molar-refractivity contribution is 0.190. The summed E-state index contributed by atoms with van der Waals surface area (Å²) in [6.07, 6.45) is 5.71. The monoisotopic (exact) mass is 211 g/mol. The summed E-state index contributed by atoms with van der Waals surface area (Å²) in [5.74, 6) is 0. The van der Waals surface area contributed by atoms with Gasteiger partial charge in [0, 0.05) is 24.7 Å². The van der Waals surface area contributed by atoms with E-state index < -0.39 is 0 Å². The van der Waals surface area contributed by atoms with Crippen LogP contribution in [0.2, 0.25) is 0 Å². The number of amides is 2. The van der Waals surface area contributed by atoms with Crippen molar-refractivity contribution in [2.75, 3.05) is 6.54 Å². The molecular weight excluding hydrogens is 190 g/mol. The fourth-order valence-electron chi connectivity index (χ4n) is 2.58. The van der Waals surface area contributed by atoms with Crippen LogP contribution >= 0.6 is 0 Å². The zero-order valence-electron chi connectivity index (χ0n) is 9.41. The normalized spacial score (nSPS) is 32.3. The molecule has 0 bridgehead atoms. The number of likely N-dealkylation sites (tertiary alicyclic amines) is 1. The van der Waals surface area contributed by atoms with E-state index in [1.165, 1.54) is 12.8 Å². The number of nitrogens with one attached hydrogen (secondary N) is 1. The van der Waals surface area contributed by atoms with Crippen molar-refractivity contribution >= 4 is 6.03 Å². The molecule has 0 aromatic rings. The van der Waals surface area contributed by atoms with E-state index in [2.05, 4.69) is 5.32 Å². The third kappa shape index (κ3) is 2.25. The second kappa shape index (κ2) is 4.39. The van der Waals surface area contributed by atoms with Crippen molar-refractivity contribution in [3.63, 3.8) is 0 Å². The second-order valence-corrected chi connectivity index (χ2v) is 4.82. The van der Waals surface area contributed by atoms with Crippen LogP contribution < -0.4 is 11.1 Å². The van der Waals surface area contributed by atoms with E-state index in [1.807, 2.05) is 11.8 Å². The zero-order valence-corrected chi connectivity index (χ0v) is 9.41. The van der Waals surface area contributed by atoms with Gasteiger partial charge in [0.25, 0.3) is 0 Å². The molecule has 2 atom stereocenters. The van der Waals surface area contributed by atoms with Crippen molar-refractivity contribution in [1.82, 2.24) is 10.2 Å². The van der Waals surface area contributed by atoms with Gasteiger partial charge in [-0.2, -0.15) is 0 Å². The van der Waals surface area contributed by atoms with E-state index in [-0.39, 0.29) is 18.1 Å². The molecule has 1 aliphatic heterocycles. The van der Waals surface area contributed by atoms with Crippen LogP contribution in [0, 0.1) is 0 Å². The van der Waals surface area contributed by atoms with Gasteiger partial charge < -0.3 is 16.0 Å². The number of nitrogens with zero attached hydrogens (tertiary/aromatic N) is 1. The molecule has 1 saturated heterocycles. The number of urea groups is 1. The van der Waals surface area contributed by atoms with Crippen molar-refractivity contribution in [3.05, 3.63) is 0 Å². The molecule has 86 valence electrons. The van der Waals surface area contributed by atoms with E-state index in [4.69, 9.17) is 5.73 Å². The molecule has 2 rings (SSSR count). The van der Waals surface area contributed by atoms with Crippen LogP contribution in [-0.2, 0) is 0 Å². The molecule has 15 heavy (non-hydrogen) atoms. The molecule has 1 heterocycles. The van der Waals surface area contributed by atoms with Crippen molar-refractivity contribution in [3.8, 4) is 0 Å². The van der Waals surface area contributed by atoms with Crippen molar-refractivity contribution < 1.29 is 4.79 Å². The highest BCUT2D eigenvalue weighted by Gasteiger charge is 2.32. The smallest absolute Gasteiger partial charge is 0.317 e. The Morgan fingerprint density at radius 1 is 1.33 bits per heavy atom. The molecule has 0 radical (unpaired) electrons. The van der Waals surface area contributed by atoms with Crippen molar-refractivity contribution in [2.45, 2.75) is 57.2 Å². The van der Waals surface area contributed by atoms with Gasteiger partial charge in [-0.05, 0) is 26.2 Å². The van der Waals surface area contributed by atoms with Gasteiger partial charge in [0.1, 0.15) is 0 Å². The summed E-state index contributed by atoms with van der Waals surface area (Å²) in [5.41, 5.74) is 5.89. The summed E-state index contributed by atoms with van der Waals surface area (Å²) >= 11 is 0. The maximum atomic E-state index is 11.9. The van der Waals surface area contributed by atoms with Crippen LogP contribution in [-0.4, -0.2) is 35.6 Å². The summed E-state index contributed by atoms with van der Waals surface area (Å²) < 4.78 is 0. The van der Waals surface area contributed by atoms with Crippen molar-refractivity contribution in [2.24, 2.45) is 5.73 Å². The Kier molecular flexibility index (Phi) is 3.14. The molecule has 1 saturated carbocycles. The molecule has 2 aliphatic rings. The second-order valence-electron chi connectivity index (χ2n) is 4.82. The van der Waals surface area contributed by atoms with Gasteiger partial charge in [0.05, 0.1) is 0 Å². The summed E-state index contributed by atoms with van der Waals surface area (Å²) in [4.78, 5) is 13.8. The summed E-state index contributed by atoms with van der Waals surface area (Å²) in [6.45, 7) is 2.84. The molecular formula is C11H21N3O. The maximum Gasteiger partial charge on any atom is 0.317 e. The molecule has 4 nitrogen and oxygen atoms in total. The van der Waals surface area contributed by atoms with Crippen LogP contribution in [0.3, 0.4) is 0 Å². The first-order valence-electron chi connectivity index (χ1n) is 6.01. The Morgan fingerprint density at radius 3 is 2.53 bits per heavy atom. The third-order valence-electron chi connectivity index (χ3n) is 3.76. The topological polar surface area (TPSA) is 58.4 Å². The van der Waals surface area contributed by atoms with Crippen LogP contribution in [0.5, 0.6) is 0 Å². The van der Waals surface area contributed by atoms with E-state index in [9.17, 15) is 4.79 Å². The molecule has 4 heteroatoms. The fraction of sp³-hybridized carbons (Fsp3) is 0.909. The lowest BCUT2D eigenvalue weighted by atomic mass is 10.2. The Bertz CT molecular complexity index is 238. The van der Waals surface area contributed by atoms with Gasteiger partial charge in [0.15, 0.2) is 0 Å². The van der Waals surface area contributed by atoms with E-state index in [0.717, 1.165) is 25.8 Å². The molecule has 1 aliphatic carbocycles. The minimum absolute atomic E-state index is 0.0855. The van der Waals surface area contributed by atoms with Gasteiger partial charge in [-0.3, -0.25) is 0 Å². The van der Waals surface area contributed by atoms with Gasteiger partial charge in [-0.15, -0.1) is 0 Å². The number of carbonyl (C=O) groups is 1. The first kappa shape index (κ1) is 10.7. The third-order valence-corrected chi connectivity index (χ3v) is 3.76. The van der Waals surface area contributed by atoms with Crippen LogP contribution in [0.15, 0.2) is 0 Å². The predicted molar refractivity (Wildman–Crippen MR) is 59.5 cm³/mol. The van der Waals surface area contributed by atoms with Crippen LogP contribution in [0.25, 0.3) is 0 Å². The number of carbonyl (C=O) groups excluding carboxylic acids is 1. The number of rotatable bonds is 1. The molecule has 0 aromatic heterocycles. The molecule has 3 N–H and O–H groups in total. The zero-order chi connectivity index (χ0) is 10.8. The average molecular weight is 211 g/mol. The SMILES string of the molecule is CC1C(N)CCN1C(=O)NC1CCCC1. The number of hydrogen-bond donors (Lipinski definition) is 2. The molecule has 2 amide bonds. The average Bonchev–Trinajstić information content (AvgIpc) is 2.79. The van der Waals surface area contributed by atoms with Gasteiger partial charge >= 0.3 is 6.03 Å². The quantitative estimate of drug-likeness (QED) is 0.681. The standard InChI is InChI=1S/C11H21N3O/c1-8-10(12)6-7-14(8)11(15)13-9-4-2-3-5-9/h8-10H,2-7,12H2,1H3,(H,13,15). The van der Waals surface area contributed by atoms with E-state index >= 15 is 0 Å². The summed E-state index contributed by atoms with van der Waals surface area (Å²) in [7, 11) is 0.